The molecule has 0 amide bonds. The molecule has 4 aromatic carbocycles. The molecule has 47 heavy (non-hydrogen) atoms. The molecule has 0 saturated carbocycles. The minimum absolute atomic E-state index is 0.0231. The van der Waals surface area contributed by atoms with Gasteiger partial charge in [-0.05, 0) is 48.2 Å². The van der Waals surface area contributed by atoms with Crippen molar-refractivity contribution in [3.8, 4) is 17.2 Å². The highest BCUT2D eigenvalue weighted by Gasteiger charge is 2.54. The van der Waals surface area contributed by atoms with E-state index in [0.717, 1.165) is 11.1 Å². The van der Waals surface area contributed by atoms with Gasteiger partial charge >= 0.3 is 5.97 Å². The lowest BCUT2D eigenvalue weighted by Gasteiger charge is -2.32. The van der Waals surface area contributed by atoms with Crippen molar-refractivity contribution in [1.29, 1.82) is 0 Å². The van der Waals surface area contributed by atoms with E-state index in [2.05, 4.69) is 4.72 Å². The molecule has 0 radical (unpaired) electrons. The first kappa shape index (κ1) is 33.6. The average Bonchev–Trinajstić information content (AvgIpc) is 3.40. The SMILES string of the molecule is COc1cc(C2=N[C@@](Cc3ccccc3)([C@@H](COCc3ccccc3)NS(=O)(=O)c3c(C)cccc3C)C(=O)O2)cc(OC)c1OC. The molecule has 0 fully saturated rings. The number of aliphatic imine (C=N–C) groups is 1. The third-order valence-electron chi connectivity index (χ3n) is 8.02. The predicted octanol–water partition coefficient (Wildman–Crippen LogP) is 5.18. The topological polar surface area (TPSA) is 122 Å². The van der Waals surface area contributed by atoms with Gasteiger partial charge in [-0.15, -0.1) is 0 Å². The fourth-order valence-corrected chi connectivity index (χ4v) is 7.46. The molecule has 0 saturated heterocycles. The average molecular weight is 659 g/mol. The number of methoxy groups -OCH3 is 3. The number of aryl methyl sites for hydroxylation is 2. The highest BCUT2D eigenvalue weighted by atomic mass is 32.2. The minimum atomic E-state index is -4.18. The van der Waals surface area contributed by atoms with Gasteiger partial charge in [0.05, 0.1) is 45.5 Å². The van der Waals surface area contributed by atoms with Crippen LogP contribution in [-0.4, -0.2) is 59.8 Å². The van der Waals surface area contributed by atoms with Crippen molar-refractivity contribution in [2.45, 2.75) is 43.4 Å². The van der Waals surface area contributed by atoms with Crippen LogP contribution in [0.5, 0.6) is 17.2 Å². The maximum atomic E-state index is 14.2. The second-order valence-corrected chi connectivity index (χ2v) is 12.9. The zero-order valence-electron chi connectivity index (χ0n) is 27.0. The highest BCUT2D eigenvalue weighted by Crippen LogP contribution is 2.40. The van der Waals surface area contributed by atoms with Crippen LogP contribution in [0.15, 0.2) is 101 Å². The smallest absolute Gasteiger partial charge is 0.343 e. The molecule has 0 bridgehead atoms. The Kier molecular flexibility index (Phi) is 10.3. The van der Waals surface area contributed by atoms with E-state index in [9.17, 15) is 13.2 Å². The lowest BCUT2D eigenvalue weighted by Crippen LogP contribution is -2.58. The van der Waals surface area contributed by atoms with Crippen molar-refractivity contribution in [1.82, 2.24) is 4.72 Å². The molecular formula is C36H38N2O8S. The summed E-state index contributed by atoms with van der Waals surface area (Å²) in [5, 5.41) is 0. The number of hydrogen-bond acceptors (Lipinski definition) is 9. The van der Waals surface area contributed by atoms with Crippen LogP contribution in [0.25, 0.3) is 0 Å². The van der Waals surface area contributed by atoms with Gasteiger partial charge in [0.25, 0.3) is 0 Å². The Balaban J connectivity index is 1.65. The van der Waals surface area contributed by atoms with Crippen LogP contribution in [0.2, 0.25) is 0 Å². The van der Waals surface area contributed by atoms with Crippen LogP contribution in [0, 0.1) is 13.8 Å². The van der Waals surface area contributed by atoms with Crippen molar-refractivity contribution in [2.75, 3.05) is 27.9 Å². The van der Waals surface area contributed by atoms with Gasteiger partial charge in [0, 0.05) is 12.0 Å². The summed E-state index contributed by atoms with van der Waals surface area (Å²) in [6, 6.07) is 26.0. The standard InChI is InChI=1S/C36H38N2O8S/c1-24-13-12-14-25(2)33(24)47(40,41)38-31(23-45-22-27-17-10-7-11-18-27)36(21-26-15-8-6-9-16-26)35(39)46-34(37-36)28-19-29(42-3)32(44-5)30(20-28)43-4/h6-20,31,38H,21-23H2,1-5H3/t31-,36+/m1/s1. The normalized spacial score (nSPS) is 16.7. The molecule has 4 aromatic rings. The lowest BCUT2D eigenvalue weighted by atomic mass is 9.85. The molecule has 1 N–H and O–H groups in total. The molecule has 1 aliphatic heterocycles. The summed E-state index contributed by atoms with van der Waals surface area (Å²) >= 11 is 0. The predicted molar refractivity (Wildman–Crippen MR) is 178 cm³/mol. The maximum Gasteiger partial charge on any atom is 0.343 e. The molecule has 0 aromatic heterocycles. The van der Waals surface area contributed by atoms with Crippen LogP contribution in [0.4, 0.5) is 0 Å². The lowest BCUT2D eigenvalue weighted by molar-refractivity contribution is -0.140. The Bertz CT molecular complexity index is 1820. The van der Waals surface area contributed by atoms with Gasteiger partial charge in [-0.1, -0.05) is 78.9 Å². The van der Waals surface area contributed by atoms with Gasteiger partial charge in [0.15, 0.2) is 17.0 Å². The number of sulfonamides is 1. The minimum Gasteiger partial charge on any atom is -0.493 e. The Morgan fingerprint density at radius 1 is 0.809 bits per heavy atom. The van der Waals surface area contributed by atoms with Crippen molar-refractivity contribution < 1.29 is 36.9 Å². The number of esters is 1. The first-order valence-electron chi connectivity index (χ1n) is 15.0. The molecule has 2 atom stereocenters. The number of benzene rings is 4. The Hall–Kier alpha value is -4.71. The van der Waals surface area contributed by atoms with E-state index in [0.29, 0.717) is 33.9 Å². The monoisotopic (exact) mass is 658 g/mol. The molecule has 1 heterocycles. The summed E-state index contributed by atoms with van der Waals surface area (Å²) in [4.78, 5) is 19.3. The van der Waals surface area contributed by atoms with Crippen molar-refractivity contribution in [3.63, 3.8) is 0 Å². The number of carbonyl (C=O) groups excluding carboxylic acids is 1. The summed E-state index contributed by atoms with van der Waals surface area (Å²) < 4.78 is 59.6. The molecule has 246 valence electrons. The number of nitrogens with zero attached hydrogens (tertiary/aromatic N) is 1. The van der Waals surface area contributed by atoms with E-state index in [1.165, 1.54) is 21.3 Å². The summed E-state index contributed by atoms with van der Waals surface area (Å²) in [6.45, 7) is 3.45. The molecule has 11 heteroatoms. The molecule has 0 spiro atoms. The fraction of sp³-hybridized carbons (Fsp3) is 0.278. The van der Waals surface area contributed by atoms with E-state index in [-0.39, 0.29) is 30.4 Å². The number of nitrogens with one attached hydrogen (secondary N) is 1. The molecular weight excluding hydrogens is 620 g/mol. The van der Waals surface area contributed by atoms with Gasteiger partial charge in [-0.2, -0.15) is 0 Å². The van der Waals surface area contributed by atoms with E-state index >= 15 is 0 Å². The van der Waals surface area contributed by atoms with Crippen LogP contribution >= 0.6 is 0 Å². The van der Waals surface area contributed by atoms with Gasteiger partial charge in [-0.25, -0.2) is 22.9 Å². The maximum absolute atomic E-state index is 14.2. The zero-order valence-corrected chi connectivity index (χ0v) is 27.8. The molecule has 1 aliphatic rings. The van der Waals surface area contributed by atoms with E-state index in [1.807, 2.05) is 60.7 Å². The van der Waals surface area contributed by atoms with Crippen molar-refractivity contribution in [3.05, 3.63) is 119 Å². The number of carbonyl (C=O) groups is 1. The highest BCUT2D eigenvalue weighted by molar-refractivity contribution is 7.89. The Morgan fingerprint density at radius 3 is 1.94 bits per heavy atom. The summed E-state index contributed by atoms with van der Waals surface area (Å²) in [5.74, 6) is 0.263. The van der Waals surface area contributed by atoms with Gasteiger partial charge in [-0.3, -0.25) is 0 Å². The first-order valence-corrected chi connectivity index (χ1v) is 16.5. The van der Waals surface area contributed by atoms with Crippen LogP contribution in [0.1, 0.15) is 27.8 Å². The number of cyclic esters (lactones) is 1. The Labute approximate surface area is 275 Å². The molecule has 5 rings (SSSR count). The molecule has 0 unspecified atom stereocenters. The quantitative estimate of drug-likeness (QED) is 0.184. The number of rotatable bonds is 14. The summed E-state index contributed by atoms with van der Waals surface area (Å²) in [6.07, 6.45) is 0.0231. The fourth-order valence-electron chi connectivity index (χ4n) is 5.72. The second kappa shape index (κ2) is 14.4. The first-order chi connectivity index (χ1) is 22.6. The van der Waals surface area contributed by atoms with Crippen LogP contribution in [-0.2, 0) is 37.3 Å². The van der Waals surface area contributed by atoms with Gasteiger partial charge < -0.3 is 23.7 Å². The van der Waals surface area contributed by atoms with E-state index < -0.39 is 27.6 Å². The molecule has 0 aliphatic carbocycles. The summed E-state index contributed by atoms with van der Waals surface area (Å²) in [7, 11) is 0.259. The van der Waals surface area contributed by atoms with E-state index in [4.69, 9.17) is 28.7 Å². The second-order valence-electron chi connectivity index (χ2n) is 11.2. The van der Waals surface area contributed by atoms with Gasteiger partial charge in [0.2, 0.25) is 21.7 Å². The van der Waals surface area contributed by atoms with Crippen LogP contribution in [0.3, 0.4) is 0 Å². The Morgan fingerprint density at radius 2 is 1.38 bits per heavy atom. The third-order valence-corrected chi connectivity index (χ3v) is 9.80. The number of ether oxygens (including phenoxy) is 5. The summed E-state index contributed by atoms with van der Waals surface area (Å²) in [5.41, 5.74) is 1.39. The van der Waals surface area contributed by atoms with Crippen molar-refractivity contribution in [2.24, 2.45) is 4.99 Å². The largest absolute Gasteiger partial charge is 0.493 e. The van der Waals surface area contributed by atoms with E-state index in [1.54, 1.807) is 44.2 Å². The van der Waals surface area contributed by atoms with Gasteiger partial charge in [0.1, 0.15) is 0 Å². The molecule has 10 nitrogen and oxygen atoms in total. The van der Waals surface area contributed by atoms with Crippen LogP contribution < -0.4 is 18.9 Å². The third kappa shape index (κ3) is 7.17. The number of hydrogen-bond donors (Lipinski definition) is 1. The van der Waals surface area contributed by atoms with Crippen molar-refractivity contribution >= 4 is 21.9 Å². The zero-order chi connectivity index (χ0) is 33.6.